The van der Waals surface area contributed by atoms with Crippen molar-refractivity contribution in [1.29, 1.82) is 0 Å². The van der Waals surface area contributed by atoms with E-state index in [1.165, 1.54) is 0 Å². The Kier molecular flexibility index (Phi) is 5.18. The smallest absolute Gasteiger partial charge is 0.338 e. The van der Waals surface area contributed by atoms with Crippen LogP contribution in [0.15, 0.2) is 24.3 Å². The van der Waals surface area contributed by atoms with Crippen LogP contribution in [0.3, 0.4) is 0 Å². The minimum Gasteiger partial charge on any atom is -0.452 e. The highest BCUT2D eigenvalue weighted by molar-refractivity contribution is 14.1. The van der Waals surface area contributed by atoms with E-state index >= 15 is 0 Å². The van der Waals surface area contributed by atoms with Crippen LogP contribution in [0.5, 0.6) is 0 Å². The van der Waals surface area contributed by atoms with Crippen LogP contribution in [-0.2, 0) is 9.53 Å². The Bertz CT molecular complexity index is 470. The molecule has 1 aromatic rings. The number of hydrogen-bond acceptors (Lipinski definition) is 3. The number of ether oxygens (including phenoxy) is 1. The van der Waals surface area contributed by atoms with Crippen molar-refractivity contribution >= 4 is 34.5 Å². The maximum Gasteiger partial charge on any atom is 0.338 e. The van der Waals surface area contributed by atoms with Gasteiger partial charge in [0.05, 0.1) is 5.56 Å². The molecule has 0 bridgehead atoms. The third-order valence-corrected chi connectivity index (χ3v) is 3.79. The van der Waals surface area contributed by atoms with Crippen molar-refractivity contribution in [2.45, 2.75) is 31.7 Å². The van der Waals surface area contributed by atoms with E-state index in [1.807, 2.05) is 6.07 Å². The van der Waals surface area contributed by atoms with Crippen molar-refractivity contribution in [3.05, 3.63) is 33.4 Å². The molecule has 5 heteroatoms. The fourth-order valence-corrected chi connectivity index (χ4v) is 2.71. The highest BCUT2D eigenvalue weighted by Gasteiger charge is 2.18. The quantitative estimate of drug-likeness (QED) is 0.652. The molecule has 102 valence electrons. The number of halogens is 1. The van der Waals surface area contributed by atoms with E-state index in [4.69, 9.17) is 4.74 Å². The monoisotopic (exact) mass is 373 g/mol. The highest BCUT2D eigenvalue weighted by atomic mass is 127. The predicted molar refractivity (Wildman–Crippen MR) is 79.8 cm³/mol. The van der Waals surface area contributed by atoms with Gasteiger partial charge in [0.15, 0.2) is 6.61 Å². The Balaban J connectivity index is 1.78. The molecule has 1 N–H and O–H groups in total. The molecule has 0 saturated heterocycles. The summed E-state index contributed by atoms with van der Waals surface area (Å²) in [5, 5.41) is 2.88. The third kappa shape index (κ3) is 4.49. The Morgan fingerprint density at radius 3 is 2.74 bits per heavy atom. The van der Waals surface area contributed by atoms with Gasteiger partial charge in [-0.3, -0.25) is 4.79 Å². The molecule has 0 radical (unpaired) electrons. The molecular formula is C14H16INO3. The molecular weight excluding hydrogens is 357 g/mol. The van der Waals surface area contributed by atoms with Crippen LogP contribution in [0.25, 0.3) is 0 Å². The molecule has 1 saturated carbocycles. The maximum absolute atomic E-state index is 11.7. The van der Waals surface area contributed by atoms with Crippen LogP contribution in [0.4, 0.5) is 0 Å². The number of nitrogens with one attached hydrogen (secondary N) is 1. The Labute approximate surface area is 126 Å². The first kappa shape index (κ1) is 14.3. The number of amides is 1. The summed E-state index contributed by atoms with van der Waals surface area (Å²) in [6, 6.07) is 7.35. The minimum atomic E-state index is -0.458. The molecule has 19 heavy (non-hydrogen) atoms. The van der Waals surface area contributed by atoms with Gasteiger partial charge in [-0.25, -0.2) is 4.79 Å². The summed E-state index contributed by atoms with van der Waals surface area (Å²) in [4.78, 5) is 23.3. The molecule has 0 heterocycles. The normalized spacial score (nSPS) is 15.2. The lowest BCUT2D eigenvalue weighted by molar-refractivity contribution is -0.124. The minimum absolute atomic E-state index is 0.208. The fraction of sp³-hybridized carbons (Fsp3) is 0.429. The molecule has 4 nitrogen and oxygen atoms in total. The third-order valence-electron chi connectivity index (χ3n) is 3.11. The predicted octanol–water partition coefficient (Wildman–Crippen LogP) is 2.51. The molecule has 0 aliphatic heterocycles. The Hall–Kier alpha value is -1.11. The van der Waals surface area contributed by atoms with Crippen molar-refractivity contribution in [2.75, 3.05) is 6.61 Å². The molecule has 1 amide bonds. The summed E-state index contributed by atoms with van der Waals surface area (Å²) < 4.78 is 5.96. The van der Waals surface area contributed by atoms with Gasteiger partial charge in [-0.2, -0.15) is 0 Å². The van der Waals surface area contributed by atoms with Gasteiger partial charge in [-0.15, -0.1) is 0 Å². The van der Waals surface area contributed by atoms with E-state index in [9.17, 15) is 9.59 Å². The molecule has 0 spiro atoms. The number of hydrogen-bond donors (Lipinski definition) is 1. The molecule has 1 aromatic carbocycles. The summed E-state index contributed by atoms with van der Waals surface area (Å²) in [5.74, 6) is -0.675. The summed E-state index contributed by atoms with van der Waals surface area (Å²) in [6.45, 7) is -0.208. The van der Waals surface area contributed by atoms with Crippen molar-refractivity contribution in [3.8, 4) is 0 Å². The van der Waals surface area contributed by atoms with Gasteiger partial charge < -0.3 is 10.1 Å². The lowest BCUT2D eigenvalue weighted by Crippen LogP contribution is -2.35. The largest absolute Gasteiger partial charge is 0.452 e. The van der Waals surface area contributed by atoms with Gasteiger partial charge in [-0.05, 0) is 53.6 Å². The average molecular weight is 373 g/mol. The van der Waals surface area contributed by atoms with Crippen molar-refractivity contribution in [1.82, 2.24) is 5.32 Å². The van der Waals surface area contributed by atoms with Crippen LogP contribution < -0.4 is 5.32 Å². The molecule has 2 rings (SSSR count). The first-order valence-corrected chi connectivity index (χ1v) is 7.45. The standard InChI is InChI=1S/C14H16INO3/c15-11-5-3-4-10(8-11)14(18)19-9-13(17)16-12-6-1-2-7-12/h3-5,8,12H,1-2,6-7,9H2,(H,16,17). The zero-order chi connectivity index (χ0) is 13.7. The zero-order valence-electron chi connectivity index (χ0n) is 10.5. The van der Waals surface area contributed by atoms with E-state index in [2.05, 4.69) is 27.9 Å². The van der Waals surface area contributed by atoms with Gasteiger partial charge in [-0.1, -0.05) is 18.9 Å². The van der Waals surface area contributed by atoms with Gasteiger partial charge in [0.2, 0.25) is 0 Å². The van der Waals surface area contributed by atoms with E-state index in [0.29, 0.717) is 5.56 Å². The van der Waals surface area contributed by atoms with Crippen LogP contribution in [0, 0.1) is 3.57 Å². The molecule has 0 aromatic heterocycles. The van der Waals surface area contributed by atoms with Crippen molar-refractivity contribution < 1.29 is 14.3 Å². The summed E-state index contributed by atoms with van der Waals surface area (Å²) in [5.41, 5.74) is 0.473. The molecule has 0 unspecified atom stereocenters. The lowest BCUT2D eigenvalue weighted by Gasteiger charge is -2.11. The number of esters is 1. The summed E-state index contributed by atoms with van der Waals surface area (Å²) in [7, 11) is 0. The van der Waals surface area contributed by atoms with Crippen molar-refractivity contribution in [2.24, 2.45) is 0 Å². The zero-order valence-corrected chi connectivity index (χ0v) is 12.7. The SMILES string of the molecule is O=C(COC(=O)c1cccc(I)c1)NC1CCCC1. The first-order chi connectivity index (χ1) is 9.15. The van der Waals surface area contributed by atoms with Gasteiger partial charge in [0.1, 0.15) is 0 Å². The fourth-order valence-electron chi connectivity index (χ4n) is 2.17. The Morgan fingerprint density at radius 2 is 2.05 bits per heavy atom. The second kappa shape index (κ2) is 6.88. The second-order valence-electron chi connectivity index (χ2n) is 4.64. The number of rotatable bonds is 4. The van der Waals surface area contributed by atoms with Crippen LogP contribution in [-0.4, -0.2) is 24.5 Å². The highest BCUT2D eigenvalue weighted by Crippen LogP contribution is 2.17. The average Bonchev–Trinajstić information content (AvgIpc) is 2.88. The summed E-state index contributed by atoms with van der Waals surface area (Å²) >= 11 is 2.13. The maximum atomic E-state index is 11.7. The number of carbonyl (C=O) groups excluding carboxylic acids is 2. The van der Waals surface area contributed by atoms with E-state index in [0.717, 1.165) is 29.3 Å². The first-order valence-electron chi connectivity index (χ1n) is 6.37. The van der Waals surface area contributed by atoms with Gasteiger partial charge >= 0.3 is 5.97 Å². The summed E-state index contributed by atoms with van der Waals surface area (Å²) in [6.07, 6.45) is 4.37. The van der Waals surface area contributed by atoms with E-state index < -0.39 is 5.97 Å². The van der Waals surface area contributed by atoms with E-state index in [-0.39, 0.29) is 18.6 Å². The van der Waals surface area contributed by atoms with Crippen LogP contribution >= 0.6 is 22.6 Å². The van der Waals surface area contributed by atoms with Crippen LogP contribution in [0.2, 0.25) is 0 Å². The number of carbonyl (C=O) groups is 2. The topological polar surface area (TPSA) is 55.4 Å². The lowest BCUT2D eigenvalue weighted by atomic mass is 10.2. The number of benzene rings is 1. The molecule has 1 aliphatic carbocycles. The van der Waals surface area contributed by atoms with Gasteiger partial charge in [0.25, 0.3) is 5.91 Å². The molecule has 1 fully saturated rings. The Morgan fingerprint density at radius 1 is 1.32 bits per heavy atom. The molecule has 1 aliphatic rings. The van der Waals surface area contributed by atoms with Crippen molar-refractivity contribution in [3.63, 3.8) is 0 Å². The van der Waals surface area contributed by atoms with Gasteiger partial charge in [0, 0.05) is 9.61 Å². The second-order valence-corrected chi connectivity index (χ2v) is 5.88. The molecule has 0 atom stereocenters. The van der Waals surface area contributed by atoms with Crippen LogP contribution in [0.1, 0.15) is 36.0 Å². The van der Waals surface area contributed by atoms with E-state index in [1.54, 1.807) is 18.2 Å².